The molecule has 0 radical (unpaired) electrons. The zero-order valence-corrected chi connectivity index (χ0v) is 13.4. The van der Waals surface area contributed by atoms with Crippen LogP contribution in [0.3, 0.4) is 0 Å². The second kappa shape index (κ2) is 6.01. The first-order chi connectivity index (χ1) is 10.5. The van der Waals surface area contributed by atoms with Crippen molar-refractivity contribution < 1.29 is 17.9 Å². The second-order valence-corrected chi connectivity index (χ2v) is 8.28. The number of hydrogen-bond acceptors (Lipinski definition) is 4. The van der Waals surface area contributed by atoms with Crippen LogP contribution in [0.4, 0.5) is 5.69 Å². The fraction of sp³-hybridized carbons (Fsp3) is 0.562. The van der Waals surface area contributed by atoms with E-state index in [1.807, 2.05) is 6.92 Å². The van der Waals surface area contributed by atoms with E-state index in [0.29, 0.717) is 18.2 Å². The number of hydrogen-bond donors (Lipinski definition) is 1. The number of anilines is 1. The van der Waals surface area contributed by atoms with Crippen LogP contribution < -0.4 is 5.32 Å². The molecule has 1 aliphatic carbocycles. The molecule has 0 unspecified atom stereocenters. The summed E-state index contributed by atoms with van der Waals surface area (Å²) in [7, 11) is -3.34. The van der Waals surface area contributed by atoms with Crippen molar-refractivity contribution in [1.82, 2.24) is 0 Å². The van der Waals surface area contributed by atoms with Crippen LogP contribution in [0.2, 0.25) is 0 Å². The average Bonchev–Trinajstić information content (AvgIpc) is 2.99. The first kappa shape index (κ1) is 15.5. The molecule has 120 valence electrons. The Bertz CT molecular complexity index is 647. The molecule has 6 heteroatoms. The van der Waals surface area contributed by atoms with Crippen molar-refractivity contribution in [1.29, 1.82) is 0 Å². The monoisotopic (exact) mass is 323 g/mol. The maximum Gasteiger partial charge on any atom is 0.227 e. The number of rotatable bonds is 5. The van der Waals surface area contributed by atoms with Crippen LogP contribution in [0.15, 0.2) is 29.2 Å². The summed E-state index contributed by atoms with van der Waals surface area (Å²) in [5.74, 6) is 0.592. The van der Waals surface area contributed by atoms with E-state index < -0.39 is 9.84 Å². The van der Waals surface area contributed by atoms with E-state index in [2.05, 4.69) is 5.32 Å². The number of sulfone groups is 1. The minimum atomic E-state index is -3.34. The van der Waals surface area contributed by atoms with Gasteiger partial charge in [-0.2, -0.15) is 0 Å². The highest BCUT2D eigenvalue weighted by Crippen LogP contribution is 2.38. The van der Waals surface area contributed by atoms with Gasteiger partial charge in [-0.25, -0.2) is 8.42 Å². The van der Waals surface area contributed by atoms with Gasteiger partial charge in [0.25, 0.3) is 0 Å². The minimum absolute atomic E-state index is 0.0162. The molecule has 0 bridgehead atoms. The van der Waals surface area contributed by atoms with E-state index in [9.17, 15) is 13.2 Å². The highest BCUT2D eigenvalue weighted by molar-refractivity contribution is 7.91. The molecule has 22 heavy (non-hydrogen) atoms. The molecule has 0 spiro atoms. The van der Waals surface area contributed by atoms with Crippen molar-refractivity contribution in [2.45, 2.75) is 37.2 Å². The van der Waals surface area contributed by atoms with Crippen LogP contribution in [0.5, 0.6) is 0 Å². The van der Waals surface area contributed by atoms with Crippen LogP contribution in [0.25, 0.3) is 0 Å². The van der Waals surface area contributed by atoms with Crippen molar-refractivity contribution in [3.8, 4) is 0 Å². The van der Waals surface area contributed by atoms with Gasteiger partial charge in [0.1, 0.15) is 0 Å². The number of carbonyl (C=O) groups excluding carboxylic acids is 1. The van der Waals surface area contributed by atoms with Crippen LogP contribution in [0.1, 0.15) is 26.2 Å². The lowest BCUT2D eigenvalue weighted by atomic mass is 10.3. The second-order valence-electron chi connectivity index (χ2n) is 6.25. The van der Waals surface area contributed by atoms with Crippen molar-refractivity contribution >= 4 is 21.4 Å². The summed E-state index contributed by atoms with van der Waals surface area (Å²) in [6, 6.07) is 6.40. The molecule has 1 aromatic carbocycles. The summed E-state index contributed by atoms with van der Waals surface area (Å²) in [5, 5.41) is 2.83. The maximum atomic E-state index is 12.3. The molecule has 0 aromatic heterocycles. The lowest BCUT2D eigenvalue weighted by Crippen LogP contribution is -2.20. The van der Waals surface area contributed by atoms with Gasteiger partial charge >= 0.3 is 0 Å². The largest absolute Gasteiger partial charge is 0.377 e. The minimum Gasteiger partial charge on any atom is -0.377 e. The van der Waals surface area contributed by atoms with E-state index >= 15 is 0 Å². The van der Waals surface area contributed by atoms with Crippen LogP contribution >= 0.6 is 0 Å². The van der Waals surface area contributed by atoms with Gasteiger partial charge < -0.3 is 10.1 Å². The zero-order chi connectivity index (χ0) is 15.7. The maximum absolute atomic E-state index is 12.3. The SMILES string of the molecule is C[C@@H]1C[C@@H]1C(=O)Nc1ccc(S(=O)(=O)C[C@@H]2CCCO2)cc1. The topological polar surface area (TPSA) is 72.5 Å². The summed E-state index contributed by atoms with van der Waals surface area (Å²) in [4.78, 5) is 12.1. The van der Waals surface area contributed by atoms with Crippen LogP contribution in [0, 0.1) is 11.8 Å². The predicted molar refractivity (Wildman–Crippen MR) is 83.4 cm³/mol. The first-order valence-corrected chi connectivity index (χ1v) is 9.36. The summed E-state index contributed by atoms with van der Waals surface area (Å²) in [5.41, 5.74) is 0.639. The molecule has 1 amide bonds. The van der Waals surface area contributed by atoms with Gasteiger partial charge in [0.15, 0.2) is 9.84 Å². The molecule has 1 aromatic rings. The van der Waals surface area contributed by atoms with E-state index in [0.717, 1.165) is 19.3 Å². The highest BCUT2D eigenvalue weighted by atomic mass is 32.2. The molecule has 1 aliphatic heterocycles. The summed E-state index contributed by atoms with van der Waals surface area (Å²) in [6.45, 7) is 2.69. The Balaban J connectivity index is 1.64. The van der Waals surface area contributed by atoms with Gasteiger partial charge in [0.05, 0.1) is 16.8 Å². The fourth-order valence-corrected chi connectivity index (χ4v) is 4.28. The number of ether oxygens (including phenoxy) is 1. The number of amides is 1. The van der Waals surface area contributed by atoms with Crippen molar-refractivity contribution in [3.63, 3.8) is 0 Å². The first-order valence-electron chi connectivity index (χ1n) is 7.71. The Kier molecular flexibility index (Phi) is 4.23. The van der Waals surface area contributed by atoms with Gasteiger partial charge in [-0.3, -0.25) is 4.79 Å². The molecule has 3 atom stereocenters. The predicted octanol–water partition coefficient (Wildman–Crippen LogP) is 2.23. The number of nitrogens with one attached hydrogen (secondary N) is 1. The average molecular weight is 323 g/mol. The normalized spacial score (nSPS) is 27.6. The third-order valence-electron chi connectivity index (χ3n) is 4.36. The Morgan fingerprint density at radius 2 is 2.00 bits per heavy atom. The van der Waals surface area contributed by atoms with E-state index in [1.165, 1.54) is 0 Å². The van der Waals surface area contributed by atoms with Crippen LogP contribution in [-0.4, -0.2) is 32.8 Å². The van der Waals surface area contributed by atoms with Gasteiger partial charge in [0, 0.05) is 18.2 Å². The number of carbonyl (C=O) groups is 1. The molecule has 2 aliphatic rings. The third kappa shape index (κ3) is 3.50. The van der Waals surface area contributed by atoms with Gasteiger partial charge in [-0.15, -0.1) is 0 Å². The zero-order valence-electron chi connectivity index (χ0n) is 12.6. The van der Waals surface area contributed by atoms with Crippen molar-refractivity contribution in [2.24, 2.45) is 11.8 Å². The standard InChI is InChI=1S/C16H21NO4S/c1-11-9-15(11)16(18)17-12-4-6-14(7-5-12)22(19,20)10-13-3-2-8-21-13/h4-7,11,13,15H,2-3,8-10H2,1H3,(H,17,18)/t11-,13+,15+/m1/s1. The molecular weight excluding hydrogens is 302 g/mol. The smallest absolute Gasteiger partial charge is 0.227 e. The highest BCUT2D eigenvalue weighted by Gasteiger charge is 2.39. The molecule has 1 N–H and O–H groups in total. The lowest BCUT2D eigenvalue weighted by Gasteiger charge is -2.11. The Hall–Kier alpha value is -1.40. The van der Waals surface area contributed by atoms with E-state index in [1.54, 1.807) is 24.3 Å². The molecule has 1 saturated carbocycles. The van der Waals surface area contributed by atoms with Gasteiger partial charge in [0.2, 0.25) is 5.91 Å². The van der Waals surface area contributed by atoms with Gasteiger partial charge in [-0.1, -0.05) is 6.92 Å². The number of benzene rings is 1. The molecule has 1 heterocycles. The summed E-state index contributed by atoms with van der Waals surface area (Å²) >= 11 is 0. The Morgan fingerprint density at radius 3 is 2.55 bits per heavy atom. The Labute approximate surface area is 131 Å². The summed E-state index contributed by atoms with van der Waals surface area (Å²) < 4.78 is 30.0. The quantitative estimate of drug-likeness (QED) is 0.902. The molecular formula is C16H21NO4S. The molecule has 2 fully saturated rings. The van der Waals surface area contributed by atoms with Crippen LogP contribution in [-0.2, 0) is 19.4 Å². The Morgan fingerprint density at radius 1 is 1.32 bits per heavy atom. The van der Waals surface area contributed by atoms with E-state index in [-0.39, 0.29) is 28.6 Å². The third-order valence-corrected chi connectivity index (χ3v) is 6.16. The molecule has 5 nitrogen and oxygen atoms in total. The van der Waals surface area contributed by atoms with Gasteiger partial charge in [-0.05, 0) is 49.4 Å². The fourth-order valence-electron chi connectivity index (χ4n) is 2.78. The molecule has 1 saturated heterocycles. The lowest BCUT2D eigenvalue weighted by molar-refractivity contribution is -0.117. The van der Waals surface area contributed by atoms with Crippen molar-refractivity contribution in [3.05, 3.63) is 24.3 Å². The van der Waals surface area contributed by atoms with Crippen molar-refractivity contribution in [2.75, 3.05) is 17.7 Å². The molecule has 3 rings (SSSR count). The van der Waals surface area contributed by atoms with E-state index in [4.69, 9.17) is 4.74 Å². The summed E-state index contributed by atoms with van der Waals surface area (Å²) in [6.07, 6.45) is 2.46.